The number of hydrogen-bond acceptors (Lipinski definition) is 4. The lowest BCUT2D eigenvalue weighted by atomic mass is 9.76. The van der Waals surface area contributed by atoms with Gasteiger partial charge in [0.1, 0.15) is 5.54 Å². The van der Waals surface area contributed by atoms with Crippen LogP contribution in [0.15, 0.2) is 35.5 Å². The van der Waals surface area contributed by atoms with Gasteiger partial charge < -0.3 is 16.0 Å². The minimum atomic E-state index is -0.619. The molecule has 0 saturated heterocycles. The average Bonchev–Trinajstić information content (AvgIpc) is 3.42. The smallest absolute Gasteiger partial charge is 0.257 e. The number of amides is 1. The Kier molecular flexibility index (Phi) is 8.00. The summed E-state index contributed by atoms with van der Waals surface area (Å²) in [5.74, 6) is 1.95. The lowest BCUT2D eigenvalue weighted by molar-refractivity contribution is -0.131. The quantitative estimate of drug-likeness (QED) is 0.409. The number of benzene rings is 1. The number of rotatable bonds is 10. The Bertz CT molecular complexity index is 1050. The highest BCUT2D eigenvalue weighted by atomic mass is 16.2. The number of fused-ring (bicyclic) bond motifs is 1. The lowest BCUT2D eigenvalue weighted by Gasteiger charge is -2.33. The van der Waals surface area contributed by atoms with Gasteiger partial charge in [-0.25, -0.2) is 4.99 Å². The Morgan fingerprint density at radius 2 is 1.81 bits per heavy atom. The molecular weight excluding hydrogens is 446 g/mol. The number of nitrogens with one attached hydrogen (secondary N) is 2. The van der Waals surface area contributed by atoms with E-state index in [1.807, 2.05) is 0 Å². The molecule has 6 nitrogen and oxygen atoms in total. The molecule has 4 N–H and O–H groups in total. The zero-order valence-electron chi connectivity index (χ0n) is 22.1. The molecule has 0 unspecified atom stereocenters. The van der Waals surface area contributed by atoms with Crippen LogP contribution in [0, 0.1) is 11.8 Å². The molecule has 1 amide bonds. The van der Waals surface area contributed by atoms with Crippen molar-refractivity contribution in [3.8, 4) is 0 Å². The van der Waals surface area contributed by atoms with Crippen LogP contribution in [0.2, 0.25) is 0 Å². The Hall–Kier alpha value is -2.34. The third-order valence-corrected chi connectivity index (χ3v) is 9.32. The van der Waals surface area contributed by atoms with Crippen LogP contribution in [0.5, 0.6) is 0 Å². The molecule has 2 aliphatic carbocycles. The number of nitrogens with zero attached hydrogens (tertiary/aromatic N) is 2. The second kappa shape index (κ2) is 11.4. The van der Waals surface area contributed by atoms with Crippen molar-refractivity contribution in [2.75, 3.05) is 13.6 Å². The van der Waals surface area contributed by atoms with Crippen molar-refractivity contribution in [3.63, 3.8) is 0 Å². The molecule has 3 atom stereocenters. The van der Waals surface area contributed by atoms with E-state index in [9.17, 15) is 4.79 Å². The van der Waals surface area contributed by atoms with Crippen LogP contribution in [-0.2, 0) is 11.2 Å². The molecule has 0 spiro atoms. The van der Waals surface area contributed by atoms with Gasteiger partial charge in [-0.15, -0.1) is 0 Å². The molecule has 0 radical (unpaired) electrons. The SMILES string of the molecule is CN1C(=O)[C@@](CCC2CCCCC2)(CC[C@H]2CCC[C@H](NCCc3c[nH]c4ccccc34)C2)N=C1N. The maximum atomic E-state index is 13.3. The number of likely N-dealkylation sites (N-methyl/N-ethyl adjacent to an activating group) is 1. The van der Waals surface area contributed by atoms with E-state index in [-0.39, 0.29) is 5.91 Å². The summed E-state index contributed by atoms with van der Waals surface area (Å²) in [7, 11) is 1.79. The molecule has 0 bridgehead atoms. The molecule has 2 fully saturated rings. The van der Waals surface area contributed by atoms with Gasteiger partial charge in [0.25, 0.3) is 5.91 Å². The summed E-state index contributed by atoms with van der Waals surface area (Å²) in [6.07, 6.45) is 18.8. The first-order valence-electron chi connectivity index (χ1n) is 14.5. The minimum Gasteiger partial charge on any atom is -0.369 e. The van der Waals surface area contributed by atoms with Crippen LogP contribution < -0.4 is 11.1 Å². The largest absolute Gasteiger partial charge is 0.369 e. The number of aromatic nitrogens is 1. The summed E-state index contributed by atoms with van der Waals surface area (Å²) < 4.78 is 0. The van der Waals surface area contributed by atoms with E-state index in [2.05, 4.69) is 40.8 Å². The molecule has 2 aromatic rings. The van der Waals surface area contributed by atoms with Crippen molar-refractivity contribution in [3.05, 3.63) is 36.0 Å². The van der Waals surface area contributed by atoms with Gasteiger partial charge in [0.15, 0.2) is 5.96 Å². The maximum Gasteiger partial charge on any atom is 0.257 e. The number of aromatic amines is 1. The fourth-order valence-electron chi connectivity index (χ4n) is 7.06. The second-order valence-corrected chi connectivity index (χ2v) is 11.7. The molecular formula is C30H45N5O. The summed E-state index contributed by atoms with van der Waals surface area (Å²) in [5.41, 5.74) is 8.15. The number of aliphatic imine (C=N–C) groups is 1. The van der Waals surface area contributed by atoms with E-state index in [4.69, 9.17) is 10.7 Å². The highest BCUT2D eigenvalue weighted by Gasteiger charge is 2.46. The summed E-state index contributed by atoms with van der Waals surface area (Å²) in [6.45, 7) is 1.01. The van der Waals surface area contributed by atoms with Crippen molar-refractivity contribution < 1.29 is 4.79 Å². The molecule has 2 heterocycles. The summed E-state index contributed by atoms with van der Waals surface area (Å²) in [6, 6.07) is 9.12. The summed E-state index contributed by atoms with van der Waals surface area (Å²) in [4.78, 5) is 23.1. The first-order valence-corrected chi connectivity index (χ1v) is 14.5. The van der Waals surface area contributed by atoms with Gasteiger partial charge in [-0.05, 0) is 75.0 Å². The topological polar surface area (TPSA) is 86.5 Å². The van der Waals surface area contributed by atoms with E-state index < -0.39 is 5.54 Å². The number of H-pyrrole nitrogens is 1. The number of para-hydroxylation sites is 1. The van der Waals surface area contributed by atoms with Crippen LogP contribution in [-0.4, -0.2) is 46.9 Å². The number of nitrogens with two attached hydrogens (primary N) is 1. The second-order valence-electron chi connectivity index (χ2n) is 11.7. The molecule has 1 aliphatic heterocycles. The minimum absolute atomic E-state index is 0.125. The van der Waals surface area contributed by atoms with Crippen molar-refractivity contribution >= 4 is 22.8 Å². The Balaban J connectivity index is 1.13. The normalized spacial score (nSPS) is 27.6. The standard InChI is InChI=1S/C30H45N5O/c1-35-28(36)30(34-29(35)31,17-14-22-8-3-2-4-9-22)18-15-23-10-7-11-25(20-23)32-19-16-24-21-33-27-13-6-5-12-26(24)27/h5-6,12-13,21-23,25,32-33H,2-4,7-11,14-20H2,1H3,(H2,31,34)/t23-,25+,30-/m1/s1. The van der Waals surface area contributed by atoms with Gasteiger partial charge in [-0.1, -0.05) is 63.1 Å². The lowest BCUT2D eigenvalue weighted by Crippen LogP contribution is -2.43. The van der Waals surface area contributed by atoms with Crippen molar-refractivity contribution in [1.29, 1.82) is 0 Å². The van der Waals surface area contributed by atoms with Crippen LogP contribution >= 0.6 is 0 Å². The predicted molar refractivity (Wildman–Crippen MR) is 148 cm³/mol. The summed E-state index contributed by atoms with van der Waals surface area (Å²) in [5, 5.41) is 5.18. The Morgan fingerprint density at radius 3 is 2.58 bits per heavy atom. The highest BCUT2D eigenvalue weighted by Crippen LogP contribution is 2.38. The fraction of sp³-hybridized carbons (Fsp3) is 0.667. The highest BCUT2D eigenvalue weighted by molar-refractivity contribution is 6.06. The van der Waals surface area contributed by atoms with E-state index in [0.29, 0.717) is 17.9 Å². The van der Waals surface area contributed by atoms with E-state index in [0.717, 1.165) is 44.6 Å². The first kappa shape index (κ1) is 25.3. The molecule has 5 rings (SSSR count). The number of guanidine groups is 1. The van der Waals surface area contributed by atoms with Crippen molar-refractivity contribution in [2.24, 2.45) is 22.6 Å². The van der Waals surface area contributed by atoms with Gasteiger partial charge in [-0.2, -0.15) is 0 Å². The third-order valence-electron chi connectivity index (χ3n) is 9.32. The van der Waals surface area contributed by atoms with Crippen LogP contribution in [0.1, 0.15) is 89.0 Å². The molecule has 3 aliphatic rings. The van der Waals surface area contributed by atoms with Crippen molar-refractivity contribution in [1.82, 2.24) is 15.2 Å². The molecule has 6 heteroatoms. The first-order chi connectivity index (χ1) is 17.5. The summed E-state index contributed by atoms with van der Waals surface area (Å²) >= 11 is 0. The molecule has 2 saturated carbocycles. The Labute approximate surface area is 216 Å². The van der Waals surface area contributed by atoms with E-state index in [1.165, 1.54) is 74.3 Å². The molecule has 1 aromatic carbocycles. The molecule has 36 heavy (non-hydrogen) atoms. The van der Waals surface area contributed by atoms with Crippen LogP contribution in [0.3, 0.4) is 0 Å². The maximum absolute atomic E-state index is 13.3. The molecule has 1 aromatic heterocycles. The van der Waals surface area contributed by atoms with Gasteiger partial charge in [0.2, 0.25) is 0 Å². The van der Waals surface area contributed by atoms with Gasteiger partial charge >= 0.3 is 0 Å². The number of carbonyl (C=O) groups excluding carboxylic acids is 1. The van der Waals surface area contributed by atoms with Crippen LogP contribution in [0.25, 0.3) is 10.9 Å². The molecule has 196 valence electrons. The van der Waals surface area contributed by atoms with E-state index >= 15 is 0 Å². The predicted octanol–water partition coefficient (Wildman–Crippen LogP) is 5.53. The van der Waals surface area contributed by atoms with Crippen LogP contribution in [0.4, 0.5) is 0 Å². The zero-order chi connectivity index (χ0) is 25.0. The third kappa shape index (κ3) is 5.64. The van der Waals surface area contributed by atoms with E-state index in [1.54, 1.807) is 11.9 Å². The number of hydrogen-bond donors (Lipinski definition) is 3. The average molecular weight is 492 g/mol. The Morgan fingerprint density at radius 1 is 1.06 bits per heavy atom. The van der Waals surface area contributed by atoms with Gasteiger partial charge in [0, 0.05) is 30.2 Å². The monoisotopic (exact) mass is 491 g/mol. The van der Waals surface area contributed by atoms with Gasteiger partial charge in [-0.3, -0.25) is 9.69 Å². The number of carbonyl (C=O) groups is 1. The fourth-order valence-corrected chi connectivity index (χ4v) is 7.06. The van der Waals surface area contributed by atoms with Gasteiger partial charge in [0.05, 0.1) is 0 Å². The zero-order valence-corrected chi connectivity index (χ0v) is 22.1. The van der Waals surface area contributed by atoms with Crippen molar-refractivity contribution in [2.45, 2.75) is 101 Å².